The summed E-state index contributed by atoms with van der Waals surface area (Å²) in [4.78, 5) is 5.11. The molecule has 30 heavy (non-hydrogen) atoms. The van der Waals surface area contributed by atoms with E-state index in [4.69, 9.17) is 4.89 Å². The minimum absolute atomic E-state index is 0.0614. The van der Waals surface area contributed by atoms with Crippen LogP contribution in [0, 0.1) is 34.5 Å². The van der Waals surface area contributed by atoms with Crippen LogP contribution in [-0.4, -0.2) is 22.6 Å². The van der Waals surface area contributed by atoms with Crippen LogP contribution in [0.4, 0.5) is 0 Å². The van der Waals surface area contributed by atoms with E-state index in [-0.39, 0.29) is 17.6 Å². The average Bonchev–Trinajstić information content (AvgIpc) is 3.05. The maximum Gasteiger partial charge on any atom is 0.133 e. The number of rotatable bonds is 6. The van der Waals surface area contributed by atoms with Gasteiger partial charge < -0.3 is 5.11 Å². The number of aliphatic hydroxyl groups is 1. The van der Waals surface area contributed by atoms with Crippen LogP contribution in [0.2, 0.25) is 0 Å². The fourth-order valence-electron chi connectivity index (χ4n) is 7.99. The predicted octanol–water partition coefficient (Wildman–Crippen LogP) is 6.92. The molecule has 0 aromatic carbocycles. The van der Waals surface area contributed by atoms with E-state index in [0.717, 1.165) is 43.4 Å². The van der Waals surface area contributed by atoms with Crippen LogP contribution in [-0.2, 0) is 4.89 Å². The van der Waals surface area contributed by atoms with E-state index < -0.39 is 0 Å². The van der Waals surface area contributed by atoms with Gasteiger partial charge in [0.1, 0.15) is 6.10 Å². The number of hydrogen-bond donors (Lipinski definition) is 2. The summed E-state index contributed by atoms with van der Waals surface area (Å²) < 4.78 is 0. The molecular formula is C27H44O3. The van der Waals surface area contributed by atoms with Crippen molar-refractivity contribution in [2.45, 2.75) is 111 Å². The highest BCUT2D eigenvalue weighted by Crippen LogP contribution is 2.65. The Balaban J connectivity index is 1.60. The Hall–Kier alpha value is -0.640. The van der Waals surface area contributed by atoms with Crippen molar-refractivity contribution < 1.29 is 15.3 Å². The van der Waals surface area contributed by atoms with Crippen molar-refractivity contribution in [3.05, 3.63) is 22.8 Å². The standard InChI is InChI=1S/C27H44O3/c1-17(2)7-6-8-18(3)21-9-10-22-25-23(12-14-27(21,22)5)26(4)13-11-20(28)15-19(26)16-24(25)30-29/h16-18,20-22,24,28-29H,6-15H2,1-5H3/t18-,20+,21-,22+,24-,26+,27-/m1/s1. The molecule has 3 nitrogen and oxygen atoms in total. The van der Waals surface area contributed by atoms with Crippen molar-refractivity contribution in [1.82, 2.24) is 0 Å². The zero-order valence-electron chi connectivity index (χ0n) is 19.9. The Bertz CT molecular complexity index is 707. The minimum Gasteiger partial charge on any atom is -0.393 e. The van der Waals surface area contributed by atoms with E-state index in [1.54, 1.807) is 5.57 Å². The molecule has 2 saturated carbocycles. The first-order valence-corrected chi connectivity index (χ1v) is 12.6. The van der Waals surface area contributed by atoms with E-state index in [2.05, 4.69) is 40.7 Å². The lowest BCUT2D eigenvalue weighted by atomic mass is 9.52. The molecule has 0 aromatic rings. The minimum atomic E-state index is -0.312. The second-order valence-corrected chi connectivity index (χ2v) is 11.9. The molecule has 0 amide bonds. The first-order chi connectivity index (χ1) is 14.2. The maximum atomic E-state index is 10.2. The number of fused-ring (bicyclic) bond motifs is 4. The van der Waals surface area contributed by atoms with E-state index in [9.17, 15) is 10.4 Å². The molecular weight excluding hydrogens is 372 g/mol. The lowest BCUT2D eigenvalue weighted by molar-refractivity contribution is -0.260. The molecule has 0 bridgehead atoms. The van der Waals surface area contributed by atoms with Crippen LogP contribution in [0.1, 0.15) is 98.8 Å². The molecule has 0 spiro atoms. The summed E-state index contributed by atoms with van der Waals surface area (Å²) in [6, 6.07) is 0. The van der Waals surface area contributed by atoms with Gasteiger partial charge in [0.25, 0.3) is 0 Å². The van der Waals surface area contributed by atoms with Gasteiger partial charge in [-0.2, -0.15) is 0 Å². The molecule has 4 aliphatic rings. The molecule has 2 fully saturated rings. The summed E-state index contributed by atoms with van der Waals surface area (Å²) in [7, 11) is 0. The molecule has 170 valence electrons. The van der Waals surface area contributed by atoms with Crippen molar-refractivity contribution in [1.29, 1.82) is 0 Å². The Kier molecular flexibility index (Phi) is 6.29. The predicted molar refractivity (Wildman–Crippen MR) is 122 cm³/mol. The molecule has 0 aromatic heterocycles. The molecule has 0 heterocycles. The molecule has 4 rings (SSSR count). The van der Waals surface area contributed by atoms with Gasteiger partial charge in [-0.15, -0.1) is 0 Å². The van der Waals surface area contributed by atoms with E-state index in [0.29, 0.717) is 11.3 Å². The van der Waals surface area contributed by atoms with Crippen molar-refractivity contribution in [2.75, 3.05) is 0 Å². The van der Waals surface area contributed by atoms with Crippen LogP contribution < -0.4 is 0 Å². The van der Waals surface area contributed by atoms with Gasteiger partial charge in [0.2, 0.25) is 0 Å². The van der Waals surface area contributed by atoms with Crippen molar-refractivity contribution in [3.63, 3.8) is 0 Å². The Morgan fingerprint density at radius 2 is 1.87 bits per heavy atom. The summed E-state index contributed by atoms with van der Waals surface area (Å²) >= 11 is 0. The zero-order valence-corrected chi connectivity index (χ0v) is 19.9. The summed E-state index contributed by atoms with van der Waals surface area (Å²) in [6.07, 6.45) is 13.2. The Morgan fingerprint density at radius 3 is 2.57 bits per heavy atom. The largest absolute Gasteiger partial charge is 0.393 e. The molecule has 4 aliphatic carbocycles. The van der Waals surface area contributed by atoms with Crippen molar-refractivity contribution >= 4 is 0 Å². The van der Waals surface area contributed by atoms with Gasteiger partial charge in [0.15, 0.2) is 0 Å². The van der Waals surface area contributed by atoms with E-state index in [1.165, 1.54) is 49.7 Å². The Morgan fingerprint density at radius 1 is 1.10 bits per heavy atom. The number of allylic oxidation sites excluding steroid dienone is 1. The van der Waals surface area contributed by atoms with Crippen LogP contribution in [0.15, 0.2) is 22.8 Å². The first-order valence-electron chi connectivity index (χ1n) is 12.6. The van der Waals surface area contributed by atoms with Gasteiger partial charge in [-0.25, -0.2) is 4.89 Å². The van der Waals surface area contributed by atoms with Crippen molar-refractivity contribution in [3.8, 4) is 0 Å². The van der Waals surface area contributed by atoms with Crippen LogP contribution in [0.5, 0.6) is 0 Å². The summed E-state index contributed by atoms with van der Waals surface area (Å²) in [5.74, 6) is 2.86. The van der Waals surface area contributed by atoms with Gasteiger partial charge in [-0.3, -0.25) is 5.26 Å². The van der Waals surface area contributed by atoms with E-state index >= 15 is 0 Å². The normalized spacial score (nSPS) is 41.9. The third-order valence-corrected chi connectivity index (χ3v) is 9.76. The fraction of sp³-hybridized carbons (Fsp3) is 0.852. The maximum absolute atomic E-state index is 10.2. The fourth-order valence-corrected chi connectivity index (χ4v) is 7.99. The summed E-state index contributed by atoms with van der Waals surface area (Å²) in [5.41, 5.74) is 4.63. The van der Waals surface area contributed by atoms with Crippen molar-refractivity contribution in [2.24, 2.45) is 34.5 Å². The van der Waals surface area contributed by atoms with Gasteiger partial charge in [-0.1, -0.05) is 65.0 Å². The quantitative estimate of drug-likeness (QED) is 0.281. The van der Waals surface area contributed by atoms with Gasteiger partial charge >= 0.3 is 0 Å². The molecule has 0 unspecified atom stereocenters. The highest BCUT2D eigenvalue weighted by atomic mass is 17.1. The van der Waals surface area contributed by atoms with Gasteiger partial charge in [0.05, 0.1) is 6.10 Å². The highest BCUT2D eigenvalue weighted by molar-refractivity contribution is 5.46. The second-order valence-electron chi connectivity index (χ2n) is 11.9. The zero-order chi connectivity index (χ0) is 21.7. The van der Waals surface area contributed by atoms with Crippen LogP contribution in [0.25, 0.3) is 0 Å². The molecule has 0 saturated heterocycles. The van der Waals surface area contributed by atoms with E-state index in [1.807, 2.05) is 0 Å². The third kappa shape index (κ3) is 3.63. The smallest absolute Gasteiger partial charge is 0.133 e. The van der Waals surface area contributed by atoms with Crippen LogP contribution >= 0.6 is 0 Å². The molecule has 3 heteroatoms. The average molecular weight is 417 g/mol. The van der Waals surface area contributed by atoms with Crippen LogP contribution in [0.3, 0.4) is 0 Å². The highest BCUT2D eigenvalue weighted by Gasteiger charge is 2.56. The monoisotopic (exact) mass is 416 g/mol. The SMILES string of the molecule is CC(C)CCC[C@@H](C)[C@H]1CC[C@H]2C3=C(CC[C@]12C)[C@@]1(C)CC[C@H](O)CC1=C[C@H]3OO. The lowest BCUT2D eigenvalue weighted by Crippen LogP contribution is -2.45. The molecule has 2 N–H and O–H groups in total. The first kappa shape index (κ1) is 22.6. The number of aliphatic hydroxyl groups excluding tert-OH is 1. The molecule has 7 atom stereocenters. The molecule has 0 radical (unpaired) electrons. The lowest BCUT2D eigenvalue weighted by Gasteiger charge is -2.53. The Labute approximate surface area is 183 Å². The summed E-state index contributed by atoms with van der Waals surface area (Å²) in [5, 5.41) is 20.1. The summed E-state index contributed by atoms with van der Waals surface area (Å²) in [6.45, 7) is 12.1. The second kappa shape index (κ2) is 8.37. The van der Waals surface area contributed by atoms with Gasteiger partial charge in [-0.05, 0) is 85.7 Å². The third-order valence-electron chi connectivity index (χ3n) is 9.76. The van der Waals surface area contributed by atoms with Gasteiger partial charge in [0, 0.05) is 5.41 Å². The molecule has 0 aliphatic heterocycles. The number of hydrogen-bond acceptors (Lipinski definition) is 3. The topological polar surface area (TPSA) is 49.7 Å².